The van der Waals surface area contributed by atoms with Gasteiger partial charge in [0.25, 0.3) is 5.43 Å². The van der Waals surface area contributed by atoms with Crippen LogP contribution in [0.1, 0.15) is 32.8 Å². The van der Waals surface area contributed by atoms with Crippen LogP contribution < -0.4 is 21.4 Å². The van der Waals surface area contributed by atoms with Crippen molar-refractivity contribution in [3.63, 3.8) is 0 Å². The average Bonchev–Trinajstić information content (AvgIpc) is 2.97. The van der Waals surface area contributed by atoms with Crippen LogP contribution in [0, 0.1) is 5.41 Å². The number of aromatic hydroxyl groups is 1. The minimum atomic E-state index is -4.56. The molecule has 0 unspecified atom stereocenters. The third-order valence-corrected chi connectivity index (χ3v) is 6.33. The molecule has 1 aliphatic rings. The summed E-state index contributed by atoms with van der Waals surface area (Å²) in [5.74, 6) is -0.556. The number of nitrogens with zero attached hydrogens (tertiary/aromatic N) is 1. The first-order chi connectivity index (χ1) is 13.5. The van der Waals surface area contributed by atoms with Gasteiger partial charge in [-0.15, -0.1) is 0 Å². The summed E-state index contributed by atoms with van der Waals surface area (Å²) in [6.07, 6.45) is 3.73. The maximum Gasteiger partial charge on any atom is 0.364 e. The third kappa shape index (κ3) is 2.63. The molecule has 2 N–H and O–H groups in total. The lowest BCUT2D eigenvalue weighted by atomic mass is 9.74. The molecule has 0 atom stereocenters. The van der Waals surface area contributed by atoms with Crippen molar-refractivity contribution in [2.24, 2.45) is 5.41 Å². The summed E-state index contributed by atoms with van der Waals surface area (Å²) in [5.41, 5.74) is -0.604. The maximum atomic E-state index is 12.2. The van der Waals surface area contributed by atoms with E-state index in [1.807, 2.05) is 20.8 Å². The van der Waals surface area contributed by atoms with Crippen LogP contribution >= 0.6 is 0 Å². The minimum absolute atomic E-state index is 0.0422. The normalized spacial score (nSPS) is 17.7. The fourth-order valence-corrected chi connectivity index (χ4v) is 4.99. The highest BCUT2D eigenvalue weighted by molar-refractivity contribution is 7.84. The molecule has 0 amide bonds. The predicted molar refractivity (Wildman–Crippen MR) is 111 cm³/mol. The highest BCUT2D eigenvalue weighted by atomic mass is 32.2. The van der Waals surface area contributed by atoms with Crippen LogP contribution in [0.5, 0.6) is 5.75 Å². The fourth-order valence-electron chi connectivity index (χ4n) is 4.19. The highest BCUT2D eigenvalue weighted by Crippen LogP contribution is 2.39. The van der Waals surface area contributed by atoms with E-state index in [1.54, 1.807) is 30.3 Å². The van der Waals surface area contributed by atoms with Gasteiger partial charge in [-0.05, 0) is 35.8 Å². The molecule has 0 radical (unpaired) electrons. The molecular weight excluding hydrogens is 394 g/mol. The van der Waals surface area contributed by atoms with Crippen LogP contribution in [0.4, 0.5) is 0 Å². The van der Waals surface area contributed by atoms with Gasteiger partial charge in [-0.2, -0.15) is 8.42 Å². The summed E-state index contributed by atoms with van der Waals surface area (Å²) in [4.78, 5) is 23.3. The smallest absolute Gasteiger partial charge is 0.364 e. The molecule has 0 saturated heterocycles. The van der Waals surface area contributed by atoms with Gasteiger partial charge in [0.15, 0.2) is 5.75 Å². The van der Waals surface area contributed by atoms with E-state index < -0.39 is 32.3 Å². The molecule has 4 rings (SSSR count). The van der Waals surface area contributed by atoms with Crippen molar-refractivity contribution >= 4 is 38.9 Å². The number of aromatic nitrogens is 1. The van der Waals surface area contributed by atoms with Crippen molar-refractivity contribution in [3.05, 3.63) is 66.4 Å². The topological polar surface area (TPSA) is 114 Å². The molecule has 0 aliphatic heterocycles. The zero-order chi connectivity index (χ0) is 21.3. The SMILES string of the molecule is CCC1=c2c(n(S(=O)(=O)O)c3ccccc23)=CC(C)(C)C1=Cc1c(O)c(=O)c1=O. The Morgan fingerprint density at radius 3 is 2.38 bits per heavy atom. The van der Waals surface area contributed by atoms with E-state index in [0.717, 1.165) is 9.55 Å². The van der Waals surface area contributed by atoms with Gasteiger partial charge < -0.3 is 5.11 Å². The Kier molecular flexibility index (Phi) is 4.01. The molecule has 3 aromatic rings. The molecule has 0 bridgehead atoms. The highest BCUT2D eigenvalue weighted by Gasteiger charge is 2.32. The first-order valence-electron chi connectivity index (χ1n) is 9.07. The second-order valence-electron chi connectivity index (χ2n) is 7.70. The largest absolute Gasteiger partial charge is 0.504 e. The lowest BCUT2D eigenvalue weighted by molar-refractivity contribution is 0.461. The van der Waals surface area contributed by atoms with E-state index in [2.05, 4.69) is 0 Å². The summed E-state index contributed by atoms with van der Waals surface area (Å²) in [6, 6.07) is 6.84. The minimum Gasteiger partial charge on any atom is -0.504 e. The summed E-state index contributed by atoms with van der Waals surface area (Å²) in [5, 5.41) is 11.4. The van der Waals surface area contributed by atoms with Crippen molar-refractivity contribution in [1.82, 2.24) is 3.97 Å². The molecule has 1 aromatic heterocycles. The Balaban J connectivity index is 2.25. The van der Waals surface area contributed by atoms with E-state index in [0.29, 0.717) is 33.5 Å². The predicted octanol–water partition coefficient (Wildman–Crippen LogP) is 1.06. The van der Waals surface area contributed by atoms with Crippen LogP contribution in [0.3, 0.4) is 0 Å². The Hall–Kier alpha value is -2.97. The molecule has 0 saturated carbocycles. The van der Waals surface area contributed by atoms with Gasteiger partial charge in [-0.3, -0.25) is 14.1 Å². The molecule has 0 fully saturated rings. The van der Waals surface area contributed by atoms with Gasteiger partial charge in [0.1, 0.15) is 0 Å². The Bertz CT molecular complexity index is 1530. The molecule has 1 heterocycles. The van der Waals surface area contributed by atoms with Crippen LogP contribution in [-0.4, -0.2) is 22.0 Å². The van der Waals surface area contributed by atoms with Crippen molar-refractivity contribution in [2.45, 2.75) is 27.2 Å². The first-order valence-corrected chi connectivity index (χ1v) is 10.5. The number of benzene rings is 1. The van der Waals surface area contributed by atoms with Gasteiger partial charge >= 0.3 is 10.3 Å². The summed E-state index contributed by atoms with van der Waals surface area (Å²) >= 11 is 0. The monoisotopic (exact) mass is 413 g/mol. The molecule has 150 valence electrons. The standard InChI is InChI=1S/C21H19NO6S/c1-4-11-14(9-13-18(23)20(25)19(13)24)21(2,3)10-16-17(11)12-7-5-6-8-15(12)22(16)29(26,27)28/h5-10,23H,4H2,1-3H3,(H,26,27,28). The van der Waals surface area contributed by atoms with Crippen LogP contribution in [0.25, 0.3) is 28.6 Å². The molecular formula is C21H19NO6S. The Morgan fingerprint density at radius 1 is 1.14 bits per heavy atom. The Labute approximate surface area is 166 Å². The van der Waals surface area contributed by atoms with E-state index in [-0.39, 0.29) is 5.56 Å². The number of hydrogen-bond donors (Lipinski definition) is 2. The van der Waals surface area contributed by atoms with Gasteiger partial charge in [0, 0.05) is 16.0 Å². The number of fused-ring (bicyclic) bond motifs is 3. The number of allylic oxidation sites excluding steroid dienone is 1. The second-order valence-corrected chi connectivity index (χ2v) is 8.96. The lowest BCUT2D eigenvalue weighted by Crippen LogP contribution is -2.41. The van der Waals surface area contributed by atoms with Gasteiger partial charge in [-0.1, -0.05) is 39.0 Å². The summed E-state index contributed by atoms with van der Waals surface area (Å²) in [6.45, 7) is 5.58. The maximum absolute atomic E-state index is 12.2. The number of para-hydroxylation sites is 1. The van der Waals surface area contributed by atoms with E-state index >= 15 is 0 Å². The molecule has 1 aliphatic carbocycles. The molecule has 29 heavy (non-hydrogen) atoms. The van der Waals surface area contributed by atoms with Crippen LogP contribution in [-0.2, 0) is 10.3 Å². The zero-order valence-electron chi connectivity index (χ0n) is 16.1. The van der Waals surface area contributed by atoms with E-state index in [9.17, 15) is 27.7 Å². The number of rotatable bonds is 3. The van der Waals surface area contributed by atoms with Gasteiger partial charge in [0.2, 0.25) is 5.43 Å². The lowest BCUT2D eigenvalue weighted by Gasteiger charge is -2.30. The first kappa shape index (κ1) is 19.4. The third-order valence-electron chi connectivity index (χ3n) is 5.48. The van der Waals surface area contributed by atoms with Crippen LogP contribution in [0.2, 0.25) is 0 Å². The van der Waals surface area contributed by atoms with Gasteiger partial charge in [0.05, 0.1) is 16.4 Å². The Morgan fingerprint density at radius 2 is 1.79 bits per heavy atom. The zero-order valence-corrected chi connectivity index (χ0v) is 16.9. The van der Waals surface area contributed by atoms with E-state index in [4.69, 9.17) is 0 Å². The number of hydrogen-bond acceptors (Lipinski definition) is 5. The summed E-state index contributed by atoms with van der Waals surface area (Å²) in [7, 11) is -4.56. The van der Waals surface area contributed by atoms with Gasteiger partial charge in [-0.25, -0.2) is 3.97 Å². The fraction of sp³-hybridized carbons (Fsp3) is 0.238. The average molecular weight is 413 g/mol. The molecule has 2 aromatic carbocycles. The van der Waals surface area contributed by atoms with Crippen molar-refractivity contribution < 1.29 is 18.1 Å². The van der Waals surface area contributed by atoms with Crippen molar-refractivity contribution in [2.75, 3.05) is 0 Å². The van der Waals surface area contributed by atoms with Crippen LogP contribution in [0.15, 0.2) is 39.4 Å². The van der Waals surface area contributed by atoms with E-state index in [1.165, 1.54) is 6.08 Å². The molecule has 8 heteroatoms. The quantitative estimate of drug-likeness (QED) is 0.490. The second kappa shape index (κ2) is 6.01. The molecule has 7 nitrogen and oxygen atoms in total. The molecule has 0 spiro atoms. The van der Waals surface area contributed by atoms with Crippen molar-refractivity contribution in [1.29, 1.82) is 0 Å². The van der Waals surface area contributed by atoms with Crippen molar-refractivity contribution in [3.8, 4) is 5.75 Å². The summed E-state index contributed by atoms with van der Waals surface area (Å²) < 4.78 is 35.2.